The van der Waals surface area contributed by atoms with E-state index in [2.05, 4.69) is 33.8 Å². The third-order valence-corrected chi connectivity index (χ3v) is 3.78. The summed E-state index contributed by atoms with van der Waals surface area (Å²) in [7, 11) is 5.60. The van der Waals surface area contributed by atoms with Gasteiger partial charge in [-0.05, 0) is 12.8 Å². The summed E-state index contributed by atoms with van der Waals surface area (Å²) in [4.78, 5) is 4.47. The zero-order chi connectivity index (χ0) is 15.6. The van der Waals surface area contributed by atoms with Crippen LogP contribution in [-0.2, 0) is 20.6 Å². The molecule has 116 valence electrons. The van der Waals surface area contributed by atoms with Crippen LogP contribution in [0, 0.1) is 12.8 Å². The first kappa shape index (κ1) is 15.6. The molecule has 2 aromatic rings. The first-order valence-electron chi connectivity index (χ1n) is 7.22. The lowest BCUT2D eigenvalue weighted by Gasteiger charge is -2.22. The number of rotatable bonds is 6. The summed E-state index contributed by atoms with van der Waals surface area (Å²) in [5.74, 6) is 2.29. The highest BCUT2D eigenvalue weighted by Gasteiger charge is 2.21. The van der Waals surface area contributed by atoms with E-state index in [1.54, 1.807) is 11.8 Å². The minimum Gasteiger partial charge on any atom is -0.481 e. The van der Waals surface area contributed by atoms with Gasteiger partial charge in [0.25, 0.3) is 0 Å². The fourth-order valence-corrected chi connectivity index (χ4v) is 2.65. The molecule has 0 saturated carbocycles. The average molecular weight is 291 g/mol. The van der Waals surface area contributed by atoms with Crippen molar-refractivity contribution in [3.05, 3.63) is 29.5 Å². The third kappa shape index (κ3) is 3.10. The monoisotopic (exact) mass is 291 g/mol. The smallest absolute Gasteiger partial charge is 0.216 e. The van der Waals surface area contributed by atoms with Gasteiger partial charge >= 0.3 is 0 Å². The number of aromatic nitrogens is 4. The van der Waals surface area contributed by atoms with E-state index in [0.717, 1.165) is 23.0 Å². The first-order valence-corrected chi connectivity index (χ1v) is 7.22. The number of methoxy groups -OCH3 is 1. The summed E-state index contributed by atoms with van der Waals surface area (Å²) < 4.78 is 9.28. The van der Waals surface area contributed by atoms with Crippen LogP contribution >= 0.6 is 0 Å². The summed E-state index contributed by atoms with van der Waals surface area (Å²) in [5, 5.41) is 8.01. The molecule has 2 aromatic heterocycles. The van der Waals surface area contributed by atoms with Gasteiger partial charge in [0.05, 0.1) is 24.4 Å². The molecule has 1 N–H and O–H groups in total. The second-order valence-electron chi connectivity index (χ2n) is 5.70. The van der Waals surface area contributed by atoms with Gasteiger partial charge < -0.3 is 14.6 Å². The predicted molar refractivity (Wildman–Crippen MR) is 82.1 cm³/mol. The second-order valence-corrected chi connectivity index (χ2v) is 5.70. The van der Waals surface area contributed by atoms with Crippen molar-refractivity contribution in [1.82, 2.24) is 24.6 Å². The van der Waals surface area contributed by atoms with Crippen molar-refractivity contribution < 1.29 is 4.74 Å². The number of nitrogens with one attached hydrogen (secondary N) is 1. The Bertz CT molecular complexity index is 599. The fourth-order valence-electron chi connectivity index (χ4n) is 2.65. The van der Waals surface area contributed by atoms with E-state index in [0.29, 0.717) is 12.5 Å². The molecule has 0 unspecified atom stereocenters. The summed E-state index contributed by atoms with van der Waals surface area (Å²) in [6.07, 6.45) is 3.81. The molecule has 0 amide bonds. The Hall–Kier alpha value is -1.82. The van der Waals surface area contributed by atoms with E-state index in [9.17, 15) is 0 Å². The number of ether oxygens (including phenoxy) is 1. The zero-order valence-electron chi connectivity index (χ0n) is 13.7. The number of hydrogen-bond donors (Lipinski definition) is 1. The van der Waals surface area contributed by atoms with Gasteiger partial charge in [-0.15, -0.1) is 0 Å². The van der Waals surface area contributed by atoms with Crippen LogP contribution < -0.4 is 10.1 Å². The van der Waals surface area contributed by atoms with Crippen LogP contribution in [0.15, 0.2) is 12.4 Å². The van der Waals surface area contributed by atoms with Gasteiger partial charge in [0, 0.05) is 33.0 Å². The number of aryl methyl sites for hydroxylation is 3. The van der Waals surface area contributed by atoms with E-state index in [1.165, 1.54) is 0 Å². The van der Waals surface area contributed by atoms with Crippen LogP contribution in [0.2, 0.25) is 0 Å². The predicted octanol–water partition coefficient (Wildman–Crippen LogP) is 1.96. The van der Waals surface area contributed by atoms with E-state index < -0.39 is 0 Å². The molecule has 1 atom stereocenters. The number of nitrogens with zero attached hydrogens (tertiary/aromatic N) is 4. The number of imidazole rings is 1. The minimum atomic E-state index is 0.189. The molecule has 0 radical (unpaired) electrons. The highest BCUT2D eigenvalue weighted by Crippen LogP contribution is 2.24. The Labute approximate surface area is 126 Å². The van der Waals surface area contributed by atoms with Gasteiger partial charge in [-0.1, -0.05) is 13.8 Å². The first-order chi connectivity index (χ1) is 9.95. The Balaban J connectivity index is 2.19. The topological polar surface area (TPSA) is 56.9 Å². The highest BCUT2D eigenvalue weighted by atomic mass is 16.5. The van der Waals surface area contributed by atoms with Gasteiger partial charge in [0.15, 0.2) is 0 Å². The molecule has 0 fully saturated rings. The van der Waals surface area contributed by atoms with Crippen molar-refractivity contribution in [3.63, 3.8) is 0 Å². The van der Waals surface area contributed by atoms with Crippen molar-refractivity contribution in [2.45, 2.75) is 33.4 Å². The standard InChI is InChI=1S/C15H25N5O/c1-10(2)13(14-16-7-8-19(14)4)17-9-12-11(3)18-20(5)15(12)21-6/h7-8,10,13,17H,9H2,1-6H3/t13-/m0/s1. The van der Waals surface area contributed by atoms with E-state index in [4.69, 9.17) is 4.74 Å². The molecule has 0 aromatic carbocycles. The zero-order valence-corrected chi connectivity index (χ0v) is 13.7. The Morgan fingerprint density at radius 2 is 2.05 bits per heavy atom. The van der Waals surface area contributed by atoms with Crippen LogP contribution in [0.5, 0.6) is 5.88 Å². The highest BCUT2D eigenvalue weighted by molar-refractivity contribution is 5.30. The molecule has 0 aliphatic rings. The molecular formula is C15H25N5O. The van der Waals surface area contributed by atoms with Crippen LogP contribution in [-0.4, -0.2) is 26.4 Å². The molecule has 0 saturated heterocycles. The number of hydrogen-bond acceptors (Lipinski definition) is 4. The Kier molecular flexibility index (Phi) is 4.67. The maximum Gasteiger partial charge on any atom is 0.216 e. The normalized spacial score (nSPS) is 12.9. The molecule has 21 heavy (non-hydrogen) atoms. The van der Waals surface area contributed by atoms with Gasteiger partial charge in [0.1, 0.15) is 5.82 Å². The summed E-state index contributed by atoms with van der Waals surface area (Å²) in [6, 6.07) is 0.189. The van der Waals surface area contributed by atoms with E-state index in [1.807, 2.05) is 33.4 Å². The minimum absolute atomic E-state index is 0.189. The summed E-state index contributed by atoms with van der Waals surface area (Å²) >= 11 is 0. The third-order valence-electron chi connectivity index (χ3n) is 3.78. The molecule has 0 bridgehead atoms. The maximum atomic E-state index is 5.44. The fraction of sp³-hybridized carbons (Fsp3) is 0.600. The van der Waals surface area contributed by atoms with Crippen LogP contribution in [0.3, 0.4) is 0 Å². The van der Waals surface area contributed by atoms with Crippen molar-refractivity contribution in [3.8, 4) is 5.88 Å². The summed E-state index contributed by atoms with van der Waals surface area (Å²) in [6.45, 7) is 7.10. The maximum absolute atomic E-state index is 5.44. The molecular weight excluding hydrogens is 266 g/mol. The Morgan fingerprint density at radius 1 is 1.33 bits per heavy atom. The molecule has 6 nitrogen and oxygen atoms in total. The van der Waals surface area contributed by atoms with Crippen LogP contribution in [0.4, 0.5) is 0 Å². The molecule has 0 aliphatic carbocycles. The van der Waals surface area contributed by atoms with Gasteiger partial charge in [-0.25, -0.2) is 9.67 Å². The molecule has 0 spiro atoms. The molecule has 0 aliphatic heterocycles. The SMILES string of the molecule is COc1c(CN[C@H](c2nccn2C)C(C)C)c(C)nn1C. The molecule has 2 heterocycles. The van der Waals surface area contributed by atoms with Gasteiger partial charge in [-0.2, -0.15) is 5.10 Å². The molecule has 6 heteroatoms. The largest absolute Gasteiger partial charge is 0.481 e. The van der Waals surface area contributed by atoms with Gasteiger partial charge in [-0.3, -0.25) is 0 Å². The van der Waals surface area contributed by atoms with Crippen molar-refractivity contribution in [2.75, 3.05) is 7.11 Å². The Morgan fingerprint density at radius 3 is 2.57 bits per heavy atom. The van der Waals surface area contributed by atoms with Crippen molar-refractivity contribution >= 4 is 0 Å². The lowest BCUT2D eigenvalue weighted by Crippen LogP contribution is -2.28. The summed E-state index contributed by atoms with van der Waals surface area (Å²) in [5.41, 5.74) is 2.09. The molecule has 2 rings (SSSR count). The van der Waals surface area contributed by atoms with Crippen molar-refractivity contribution in [2.24, 2.45) is 20.0 Å². The van der Waals surface area contributed by atoms with E-state index in [-0.39, 0.29) is 6.04 Å². The van der Waals surface area contributed by atoms with E-state index >= 15 is 0 Å². The van der Waals surface area contributed by atoms with Crippen LogP contribution in [0.1, 0.15) is 37.0 Å². The average Bonchev–Trinajstić information content (AvgIpc) is 2.94. The van der Waals surface area contributed by atoms with Gasteiger partial charge in [0.2, 0.25) is 5.88 Å². The van der Waals surface area contributed by atoms with Crippen LogP contribution in [0.25, 0.3) is 0 Å². The quantitative estimate of drug-likeness (QED) is 0.884. The second kappa shape index (κ2) is 6.30. The lowest BCUT2D eigenvalue weighted by atomic mass is 10.0. The van der Waals surface area contributed by atoms with Crippen molar-refractivity contribution in [1.29, 1.82) is 0 Å². The lowest BCUT2D eigenvalue weighted by molar-refractivity contribution is 0.356.